The zero-order valence-corrected chi connectivity index (χ0v) is 31.5. The summed E-state index contributed by atoms with van der Waals surface area (Å²) in [6.45, 7) is 0. The van der Waals surface area contributed by atoms with Crippen molar-refractivity contribution < 1.29 is 0 Å². The summed E-state index contributed by atoms with van der Waals surface area (Å²) in [5.41, 5.74) is 21.1. The predicted molar refractivity (Wildman–Crippen MR) is 240 cm³/mol. The van der Waals surface area contributed by atoms with E-state index in [1.807, 2.05) is 0 Å². The predicted octanol–water partition coefficient (Wildman–Crippen LogP) is 14.4. The highest BCUT2D eigenvalue weighted by atomic mass is 14.5. The molecule has 0 amide bonds. The molecule has 2 spiro atoms. The molecule has 0 heteroatoms. The molecule has 0 saturated heterocycles. The first kappa shape index (κ1) is 29.9. The second kappa shape index (κ2) is 9.98. The Morgan fingerprint density at radius 3 is 0.828 bits per heavy atom. The molecule has 4 aliphatic carbocycles. The monoisotopic (exact) mass is 728 g/mol. The molecule has 0 heterocycles. The molecule has 264 valence electrons. The van der Waals surface area contributed by atoms with Gasteiger partial charge in [-0.15, -0.1) is 0 Å². The lowest BCUT2D eigenvalue weighted by Crippen LogP contribution is -2.26. The van der Waals surface area contributed by atoms with Crippen LogP contribution < -0.4 is 0 Å². The van der Waals surface area contributed by atoms with Crippen LogP contribution in [0.2, 0.25) is 0 Å². The Labute approximate surface area is 335 Å². The van der Waals surface area contributed by atoms with E-state index in [0.717, 1.165) is 0 Å². The Morgan fingerprint density at radius 2 is 0.483 bits per heavy atom. The summed E-state index contributed by atoms with van der Waals surface area (Å²) in [6.07, 6.45) is 0. The van der Waals surface area contributed by atoms with Crippen molar-refractivity contribution in [2.75, 3.05) is 0 Å². The van der Waals surface area contributed by atoms with E-state index in [-0.39, 0.29) is 0 Å². The van der Waals surface area contributed by atoms with Gasteiger partial charge < -0.3 is 0 Å². The molecule has 0 N–H and O–H groups in total. The second-order valence-corrected chi connectivity index (χ2v) is 16.9. The number of hydrogen-bond donors (Lipinski definition) is 0. The first-order valence-corrected chi connectivity index (χ1v) is 20.6. The summed E-state index contributed by atoms with van der Waals surface area (Å²) in [4.78, 5) is 0. The molecular weight excluding hydrogens is 697 g/mol. The van der Waals surface area contributed by atoms with Gasteiger partial charge in [0.15, 0.2) is 0 Å². The van der Waals surface area contributed by atoms with Gasteiger partial charge >= 0.3 is 0 Å². The van der Waals surface area contributed by atoms with E-state index in [1.165, 1.54) is 132 Å². The lowest BCUT2D eigenvalue weighted by Gasteiger charge is -2.32. The average molecular weight is 729 g/mol. The molecule has 0 aromatic heterocycles. The fraction of sp³-hybridized carbons (Fsp3) is 0.0345. The van der Waals surface area contributed by atoms with E-state index in [1.54, 1.807) is 0 Å². The summed E-state index contributed by atoms with van der Waals surface area (Å²) in [5, 5.41) is 10.8. The lowest BCUT2D eigenvalue weighted by molar-refractivity contribution is 0.795. The van der Waals surface area contributed by atoms with Crippen LogP contribution in [-0.4, -0.2) is 0 Å². The van der Waals surface area contributed by atoms with Crippen LogP contribution in [-0.2, 0) is 10.8 Å². The van der Waals surface area contributed by atoms with Crippen molar-refractivity contribution in [3.05, 3.63) is 239 Å². The largest absolute Gasteiger partial charge is 0.0725 e. The maximum atomic E-state index is 2.64. The Bertz CT molecular complexity index is 3360. The molecule has 0 unspecified atom stereocenters. The third-order valence-corrected chi connectivity index (χ3v) is 14.8. The van der Waals surface area contributed by atoms with E-state index in [9.17, 15) is 0 Å². The number of fused-ring (bicyclic) bond motifs is 24. The summed E-state index contributed by atoms with van der Waals surface area (Å²) >= 11 is 0. The van der Waals surface area contributed by atoms with Gasteiger partial charge in [0.05, 0.1) is 10.8 Å². The van der Waals surface area contributed by atoms with Crippen LogP contribution in [0.1, 0.15) is 44.5 Å². The topological polar surface area (TPSA) is 0 Å². The van der Waals surface area contributed by atoms with Crippen LogP contribution in [0.5, 0.6) is 0 Å². The van der Waals surface area contributed by atoms with Gasteiger partial charge in [-0.25, -0.2) is 0 Å². The number of hydrogen-bond acceptors (Lipinski definition) is 0. The van der Waals surface area contributed by atoms with Crippen molar-refractivity contribution in [1.82, 2.24) is 0 Å². The molecular formula is C58H32. The van der Waals surface area contributed by atoms with Crippen molar-refractivity contribution in [1.29, 1.82) is 0 Å². The minimum Gasteiger partial charge on any atom is -0.0619 e. The minimum atomic E-state index is -0.423. The third-order valence-electron chi connectivity index (χ3n) is 14.8. The molecule has 0 nitrogen and oxygen atoms in total. The summed E-state index contributed by atoms with van der Waals surface area (Å²) in [5.74, 6) is 0. The standard InChI is InChI=1S/C58H32/c1-7-25-45-33(15-1)34-16-2-8-26-46(34)57(45)49-29-11-5-19-39(49)55-41-23-13-21-37-38-22-14-24-42-54(38)44(43(53(37)41)31-51(55)57)32-52-56(42)40-20-6-12-30-50(40)58(52)47-27-9-3-17-35(47)36-18-4-10-28-48(36)58/h1-32H. The Kier molecular flexibility index (Phi) is 5.15. The van der Waals surface area contributed by atoms with Crippen molar-refractivity contribution in [2.24, 2.45) is 0 Å². The van der Waals surface area contributed by atoms with Crippen molar-refractivity contribution in [2.45, 2.75) is 10.8 Å². The van der Waals surface area contributed by atoms with Crippen molar-refractivity contribution in [3.63, 3.8) is 0 Å². The van der Waals surface area contributed by atoms with Gasteiger partial charge in [-0.1, -0.05) is 182 Å². The van der Waals surface area contributed by atoms with Crippen LogP contribution in [0.15, 0.2) is 194 Å². The van der Waals surface area contributed by atoms with E-state index >= 15 is 0 Å². The Hall–Kier alpha value is -7.28. The van der Waals surface area contributed by atoms with Gasteiger partial charge in [0.1, 0.15) is 0 Å². The normalized spacial score (nSPS) is 15.2. The maximum absolute atomic E-state index is 2.64. The second-order valence-electron chi connectivity index (χ2n) is 16.9. The highest BCUT2D eigenvalue weighted by molar-refractivity contribution is 6.36. The zero-order chi connectivity index (χ0) is 37.5. The quantitative estimate of drug-likeness (QED) is 0.108. The van der Waals surface area contributed by atoms with Crippen LogP contribution >= 0.6 is 0 Å². The van der Waals surface area contributed by atoms with Crippen LogP contribution in [0.3, 0.4) is 0 Å². The number of benzene rings is 11. The van der Waals surface area contributed by atoms with Crippen LogP contribution in [0, 0.1) is 0 Å². The van der Waals surface area contributed by atoms with Gasteiger partial charge in [-0.3, -0.25) is 0 Å². The highest BCUT2D eigenvalue weighted by Crippen LogP contribution is 2.67. The highest BCUT2D eigenvalue weighted by Gasteiger charge is 2.54. The van der Waals surface area contributed by atoms with Crippen molar-refractivity contribution in [3.8, 4) is 44.5 Å². The Balaban J connectivity index is 1.18. The van der Waals surface area contributed by atoms with Gasteiger partial charge in [0.2, 0.25) is 0 Å². The molecule has 11 aromatic rings. The van der Waals surface area contributed by atoms with Crippen LogP contribution in [0.4, 0.5) is 0 Å². The fourth-order valence-corrected chi connectivity index (χ4v) is 13.0. The smallest absolute Gasteiger partial charge is 0.0619 e. The van der Waals surface area contributed by atoms with Gasteiger partial charge in [0, 0.05) is 0 Å². The average Bonchev–Trinajstić information content (AvgIpc) is 3.97. The molecule has 15 rings (SSSR count). The zero-order valence-electron chi connectivity index (χ0n) is 31.5. The van der Waals surface area contributed by atoms with Gasteiger partial charge in [-0.05, 0) is 144 Å². The molecule has 58 heavy (non-hydrogen) atoms. The lowest BCUT2D eigenvalue weighted by atomic mass is 9.69. The van der Waals surface area contributed by atoms with Gasteiger partial charge in [0.25, 0.3) is 0 Å². The fourth-order valence-electron chi connectivity index (χ4n) is 13.0. The molecule has 0 radical (unpaired) electrons. The molecule has 4 aliphatic rings. The minimum absolute atomic E-state index is 0.423. The first-order valence-electron chi connectivity index (χ1n) is 20.6. The van der Waals surface area contributed by atoms with Crippen LogP contribution in [0.25, 0.3) is 87.6 Å². The van der Waals surface area contributed by atoms with E-state index in [4.69, 9.17) is 0 Å². The van der Waals surface area contributed by atoms with Crippen molar-refractivity contribution >= 4 is 43.1 Å². The SMILES string of the molecule is c1ccc2c(c1)-c1ccccc1C21c2ccccc2-c2c1cc1c3cc4c(c5cccc(c6cccc2c61)c53)-c1ccccc1C41c2ccccc2-c2ccccc21. The number of rotatable bonds is 0. The van der Waals surface area contributed by atoms with E-state index in [2.05, 4.69) is 194 Å². The molecule has 0 fully saturated rings. The molecule has 11 aromatic carbocycles. The first-order chi connectivity index (χ1) is 28.8. The Morgan fingerprint density at radius 1 is 0.207 bits per heavy atom. The molecule has 0 bridgehead atoms. The molecule has 0 aliphatic heterocycles. The summed E-state index contributed by atoms with van der Waals surface area (Å²) < 4.78 is 0. The summed E-state index contributed by atoms with van der Waals surface area (Å²) in [6, 6.07) is 74.7. The third kappa shape index (κ3) is 3.05. The van der Waals surface area contributed by atoms with E-state index in [0.29, 0.717) is 0 Å². The molecule has 0 atom stereocenters. The van der Waals surface area contributed by atoms with Gasteiger partial charge in [-0.2, -0.15) is 0 Å². The maximum Gasteiger partial charge on any atom is 0.0725 e. The molecule has 0 saturated carbocycles. The van der Waals surface area contributed by atoms with E-state index < -0.39 is 10.8 Å². The summed E-state index contributed by atoms with van der Waals surface area (Å²) in [7, 11) is 0.